The minimum absolute atomic E-state index is 0.0205. The van der Waals surface area contributed by atoms with Gasteiger partial charge in [0.25, 0.3) is 0 Å². The molecule has 1 saturated heterocycles. The van der Waals surface area contributed by atoms with Gasteiger partial charge in [-0.2, -0.15) is 0 Å². The molecule has 1 aromatic rings. The van der Waals surface area contributed by atoms with E-state index in [0.29, 0.717) is 31.1 Å². The first-order chi connectivity index (χ1) is 13.5. The Labute approximate surface area is 168 Å². The predicted octanol–water partition coefficient (Wildman–Crippen LogP) is 1.49. The molecule has 1 aliphatic rings. The summed E-state index contributed by atoms with van der Waals surface area (Å²) in [4.78, 5) is 15.7. The average molecular weight is 394 g/mol. The van der Waals surface area contributed by atoms with Crippen molar-refractivity contribution in [3.63, 3.8) is 0 Å². The van der Waals surface area contributed by atoms with E-state index in [1.807, 2.05) is 30.1 Å². The molecular weight excluding hydrogens is 358 g/mol. The van der Waals surface area contributed by atoms with Crippen LogP contribution in [0.1, 0.15) is 31.2 Å². The van der Waals surface area contributed by atoms with Crippen LogP contribution < -0.4 is 14.8 Å². The van der Waals surface area contributed by atoms with Gasteiger partial charge in [-0.1, -0.05) is 18.9 Å². The number of rotatable bonds is 10. The highest BCUT2D eigenvalue weighted by Gasteiger charge is 2.16. The van der Waals surface area contributed by atoms with E-state index in [1.165, 1.54) is 25.7 Å². The van der Waals surface area contributed by atoms with E-state index < -0.39 is 6.10 Å². The van der Waals surface area contributed by atoms with Crippen LogP contribution in [0.3, 0.4) is 0 Å². The SMILES string of the molecule is CNC(=O)CN(C)Cc1ccc(OC[C@@H](O)CN2CCCCCC2)c(OC)c1. The number of hydrogen-bond acceptors (Lipinski definition) is 6. The minimum atomic E-state index is -0.527. The molecule has 0 saturated carbocycles. The van der Waals surface area contributed by atoms with Crippen LogP contribution in [0.4, 0.5) is 0 Å². The number of carbonyl (C=O) groups is 1. The lowest BCUT2D eigenvalue weighted by atomic mass is 10.2. The number of aliphatic hydroxyl groups is 1. The van der Waals surface area contributed by atoms with Crippen molar-refractivity contribution in [3.8, 4) is 11.5 Å². The van der Waals surface area contributed by atoms with Crippen molar-refractivity contribution in [2.75, 3.05) is 54.0 Å². The highest BCUT2D eigenvalue weighted by molar-refractivity contribution is 5.77. The van der Waals surface area contributed by atoms with Gasteiger partial charge >= 0.3 is 0 Å². The Morgan fingerprint density at radius 1 is 1.25 bits per heavy atom. The number of likely N-dealkylation sites (N-methyl/N-ethyl adjacent to an activating group) is 2. The molecule has 0 aliphatic carbocycles. The quantitative estimate of drug-likeness (QED) is 0.627. The maximum atomic E-state index is 11.5. The average Bonchev–Trinajstić information content (AvgIpc) is 2.95. The highest BCUT2D eigenvalue weighted by atomic mass is 16.5. The fourth-order valence-electron chi connectivity index (χ4n) is 3.48. The number of hydrogen-bond donors (Lipinski definition) is 2. The van der Waals surface area contributed by atoms with Crippen LogP contribution in [0.15, 0.2) is 18.2 Å². The zero-order valence-electron chi connectivity index (χ0n) is 17.4. The van der Waals surface area contributed by atoms with Crippen LogP contribution >= 0.6 is 0 Å². The third kappa shape index (κ3) is 7.66. The Morgan fingerprint density at radius 3 is 2.61 bits per heavy atom. The number of ether oxygens (including phenoxy) is 2. The van der Waals surface area contributed by atoms with Gasteiger partial charge in [-0.15, -0.1) is 0 Å². The second-order valence-electron chi connectivity index (χ2n) is 7.51. The molecule has 1 heterocycles. The predicted molar refractivity (Wildman–Crippen MR) is 110 cm³/mol. The number of aliphatic hydroxyl groups excluding tert-OH is 1. The van der Waals surface area contributed by atoms with Gasteiger partial charge < -0.3 is 24.8 Å². The molecule has 7 nitrogen and oxygen atoms in total. The standard InChI is InChI=1S/C21H35N3O4/c1-22-21(26)15-23(2)13-17-8-9-19(20(12-17)27-3)28-16-18(25)14-24-10-6-4-5-7-11-24/h8-9,12,18,25H,4-7,10-11,13-16H2,1-3H3,(H,22,26)/t18-/m0/s1. The number of β-amino-alcohol motifs (C(OH)–C–C–N with tert-alkyl or cyclic N) is 1. The molecule has 0 spiro atoms. The summed E-state index contributed by atoms with van der Waals surface area (Å²) in [5.41, 5.74) is 1.03. The Bertz CT molecular complexity index is 603. The second-order valence-corrected chi connectivity index (χ2v) is 7.51. The van der Waals surface area contributed by atoms with Crippen molar-refractivity contribution >= 4 is 5.91 Å². The van der Waals surface area contributed by atoms with E-state index in [1.54, 1.807) is 14.2 Å². The van der Waals surface area contributed by atoms with Gasteiger partial charge in [-0.05, 0) is 50.7 Å². The van der Waals surface area contributed by atoms with E-state index >= 15 is 0 Å². The number of nitrogens with one attached hydrogen (secondary N) is 1. The fourth-order valence-corrected chi connectivity index (χ4v) is 3.48. The summed E-state index contributed by atoms with van der Waals surface area (Å²) in [5, 5.41) is 13.0. The molecule has 2 N–H and O–H groups in total. The molecule has 1 amide bonds. The molecule has 158 valence electrons. The fraction of sp³-hybridized carbons (Fsp3) is 0.667. The summed E-state index contributed by atoms with van der Waals surface area (Å²) in [5.74, 6) is 1.23. The molecule has 1 atom stereocenters. The summed E-state index contributed by atoms with van der Waals surface area (Å²) >= 11 is 0. The van der Waals surface area contributed by atoms with Crippen LogP contribution in [0.2, 0.25) is 0 Å². The third-order valence-corrected chi connectivity index (χ3v) is 4.97. The maximum absolute atomic E-state index is 11.5. The molecule has 1 fully saturated rings. The number of carbonyl (C=O) groups excluding carboxylic acids is 1. The summed E-state index contributed by atoms with van der Waals surface area (Å²) in [6.45, 7) is 3.95. The first-order valence-electron chi connectivity index (χ1n) is 10.1. The van der Waals surface area contributed by atoms with E-state index in [9.17, 15) is 9.90 Å². The zero-order valence-corrected chi connectivity index (χ0v) is 17.4. The van der Waals surface area contributed by atoms with Crippen LogP contribution in [0.5, 0.6) is 11.5 Å². The number of amides is 1. The molecule has 2 rings (SSSR count). The lowest BCUT2D eigenvalue weighted by Gasteiger charge is -2.23. The topological polar surface area (TPSA) is 74.3 Å². The van der Waals surface area contributed by atoms with Crippen LogP contribution in [-0.2, 0) is 11.3 Å². The van der Waals surface area contributed by atoms with Crippen molar-refractivity contribution in [3.05, 3.63) is 23.8 Å². The number of nitrogens with zero attached hydrogens (tertiary/aromatic N) is 2. The lowest BCUT2D eigenvalue weighted by molar-refractivity contribution is -0.121. The summed E-state index contributed by atoms with van der Waals surface area (Å²) in [7, 11) is 5.13. The number of benzene rings is 1. The van der Waals surface area contributed by atoms with Crippen molar-refractivity contribution in [1.29, 1.82) is 0 Å². The van der Waals surface area contributed by atoms with Gasteiger partial charge in [0.05, 0.1) is 13.7 Å². The van der Waals surface area contributed by atoms with Gasteiger partial charge in [0.1, 0.15) is 12.7 Å². The van der Waals surface area contributed by atoms with Crippen molar-refractivity contribution in [2.45, 2.75) is 38.3 Å². The van der Waals surface area contributed by atoms with E-state index in [0.717, 1.165) is 18.7 Å². The normalized spacial score (nSPS) is 16.5. The van der Waals surface area contributed by atoms with E-state index in [4.69, 9.17) is 9.47 Å². The lowest BCUT2D eigenvalue weighted by Crippen LogP contribution is -2.36. The largest absolute Gasteiger partial charge is 0.493 e. The van der Waals surface area contributed by atoms with E-state index in [2.05, 4.69) is 10.2 Å². The Balaban J connectivity index is 1.86. The molecule has 28 heavy (non-hydrogen) atoms. The van der Waals surface area contributed by atoms with Crippen molar-refractivity contribution in [2.24, 2.45) is 0 Å². The molecule has 1 aliphatic heterocycles. The van der Waals surface area contributed by atoms with Crippen molar-refractivity contribution in [1.82, 2.24) is 15.1 Å². The summed E-state index contributed by atoms with van der Waals surface area (Å²) in [6, 6.07) is 5.73. The molecule has 0 bridgehead atoms. The minimum Gasteiger partial charge on any atom is -0.493 e. The van der Waals surface area contributed by atoms with Crippen LogP contribution in [0, 0.1) is 0 Å². The summed E-state index contributed by atoms with van der Waals surface area (Å²) < 4.78 is 11.3. The summed E-state index contributed by atoms with van der Waals surface area (Å²) in [6.07, 6.45) is 4.45. The smallest absolute Gasteiger partial charge is 0.233 e. The Kier molecular flexibility index (Phi) is 9.54. The molecular formula is C21H35N3O4. The third-order valence-electron chi connectivity index (χ3n) is 4.97. The maximum Gasteiger partial charge on any atom is 0.233 e. The van der Waals surface area contributed by atoms with Gasteiger partial charge in [-0.3, -0.25) is 9.69 Å². The van der Waals surface area contributed by atoms with Crippen molar-refractivity contribution < 1.29 is 19.4 Å². The van der Waals surface area contributed by atoms with Gasteiger partial charge in [0.2, 0.25) is 5.91 Å². The molecule has 0 radical (unpaired) electrons. The monoisotopic (exact) mass is 393 g/mol. The van der Waals surface area contributed by atoms with Gasteiger partial charge in [0, 0.05) is 20.1 Å². The van der Waals surface area contributed by atoms with E-state index in [-0.39, 0.29) is 12.5 Å². The highest BCUT2D eigenvalue weighted by Crippen LogP contribution is 2.28. The van der Waals surface area contributed by atoms with Gasteiger partial charge in [-0.25, -0.2) is 0 Å². The number of likely N-dealkylation sites (tertiary alicyclic amines) is 1. The first kappa shape index (κ1) is 22.5. The molecule has 0 aromatic heterocycles. The zero-order chi connectivity index (χ0) is 20.4. The first-order valence-corrected chi connectivity index (χ1v) is 10.1. The van der Waals surface area contributed by atoms with Crippen LogP contribution in [0.25, 0.3) is 0 Å². The van der Waals surface area contributed by atoms with Crippen LogP contribution in [-0.4, -0.2) is 80.9 Å². The van der Waals surface area contributed by atoms with Gasteiger partial charge in [0.15, 0.2) is 11.5 Å². The second kappa shape index (κ2) is 11.9. The molecule has 7 heteroatoms. The Morgan fingerprint density at radius 2 is 1.96 bits per heavy atom. The molecule has 0 unspecified atom stereocenters. The number of methoxy groups -OCH3 is 1. The Hall–Kier alpha value is -1.83. The molecule has 1 aromatic carbocycles.